The van der Waals surface area contributed by atoms with Gasteiger partial charge < -0.3 is 5.11 Å². The number of aryl methyl sites for hydroxylation is 1. The van der Waals surface area contributed by atoms with E-state index in [-0.39, 0.29) is 17.1 Å². The summed E-state index contributed by atoms with van der Waals surface area (Å²) in [6.07, 6.45) is 2.58. The van der Waals surface area contributed by atoms with Gasteiger partial charge in [0.2, 0.25) is 0 Å². The van der Waals surface area contributed by atoms with Crippen LogP contribution in [0.25, 0.3) is 0 Å². The third kappa shape index (κ3) is 3.38. The monoisotopic (exact) mass is 379 g/mol. The van der Waals surface area contributed by atoms with Gasteiger partial charge in [-0.15, -0.1) is 11.3 Å². The van der Waals surface area contributed by atoms with E-state index in [4.69, 9.17) is 5.11 Å². The molecule has 0 saturated heterocycles. The minimum absolute atomic E-state index is 0.181. The van der Waals surface area contributed by atoms with Crippen LogP contribution in [0.1, 0.15) is 4.88 Å². The Kier molecular flexibility index (Phi) is 4.16. The molecule has 0 amide bonds. The Morgan fingerprint density at radius 1 is 1.60 bits per heavy atom. The molecule has 108 valence electrons. The Morgan fingerprint density at radius 3 is 2.85 bits per heavy atom. The number of hydrogen-bond acceptors (Lipinski definition) is 5. The molecule has 0 aliphatic carbocycles. The Balaban J connectivity index is 2.22. The fourth-order valence-electron chi connectivity index (χ4n) is 1.55. The average molecular weight is 380 g/mol. The molecule has 0 bridgehead atoms. The Morgan fingerprint density at radius 2 is 2.30 bits per heavy atom. The lowest BCUT2D eigenvalue weighted by Crippen LogP contribution is -2.13. The highest BCUT2D eigenvalue weighted by Crippen LogP contribution is 2.30. The van der Waals surface area contributed by atoms with E-state index < -0.39 is 16.0 Å². The van der Waals surface area contributed by atoms with E-state index in [1.54, 1.807) is 6.92 Å². The maximum atomic E-state index is 12.2. The van der Waals surface area contributed by atoms with Crippen molar-refractivity contribution < 1.29 is 18.3 Å². The van der Waals surface area contributed by atoms with E-state index in [2.05, 4.69) is 25.8 Å². The van der Waals surface area contributed by atoms with Gasteiger partial charge in [-0.25, -0.2) is 8.42 Å². The van der Waals surface area contributed by atoms with E-state index in [9.17, 15) is 13.2 Å². The summed E-state index contributed by atoms with van der Waals surface area (Å²) < 4.78 is 28.6. The first-order chi connectivity index (χ1) is 9.28. The summed E-state index contributed by atoms with van der Waals surface area (Å²) in [6, 6.07) is 1.52. The molecule has 10 heteroatoms. The summed E-state index contributed by atoms with van der Waals surface area (Å²) in [5.41, 5.74) is 0.216. The SMILES string of the molecule is Cc1sc(Br)cc1S(=O)(=O)Nc1cnn(CC(=O)O)c1. The second-order valence-electron chi connectivity index (χ2n) is 3.90. The van der Waals surface area contributed by atoms with Crippen LogP contribution in [0.5, 0.6) is 0 Å². The van der Waals surface area contributed by atoms with Crippen LogP contribution in [0.2, 0.25) is 0 Å². The number of anilines is 1. The van der Waals surface area contributed by atoms with Crippen molar-refractivity contribution in [2.75, 3.05) is 4.72 Å². The number of hydrogen-bond donors (Lipinski definition) is 2. The molecule has 2 aromatic heterocycles. The second kappa shape index (κ2) is 5.54. The molecule has 0 saturated carbocycles. The first-order valence-corrected chi connectivity index (χ1v) is 8.40. The number of nitrogens with zero attached hydrogens (tertiary/aromatic N) is 2. The van der Waals surface area contributed by atoms with E-state index in [1.807, 2.05) is 0 Å². The molecule has 0 aliphatic rings. The number of aliphatic carboxylic acids is 1. The van der Waals surface area contributed by atoms with Crippen LogP contribution in [-0.4, -0.2) is 29.3 Å². The summed E-state index contributed by atoms with van der Waals surface area (Å²) in [5, 5.41) is 12.4. The third-order valence-electron chi connectivity index (χ3n) is 2.31. The van der Waals surface area contributed by atoms with Crippen molar-refractivity contribution in [1.82, 2.24) is 9.78 Å². The van der Waals surface area contributed by atoms with Crippen LogP contribution in [-0.2, 0) is 21.4 Å². The van der Waals surface area contributed by atoms with Crippen LogP contribution in [0.15, 0.2) is 27.1 Å². The van der Waals surface area contributed by atoms with Crippen molar-refractivity contribution in [3.63, 3.8) is 0 Å². The van der Waals surface area contributed by atoms with E-state index >= 15 is 0 Å². The number of carboxylic acid groups (broad SMARTS) is 1. The zero-order chi connectivity index (χ0) is 14.9. The first kappa shape index (κ1) is 15.0. The molecular formula is C10H10BrN3O4S2. The summed E-state index contributed by atoms with van der Waals surface area (Å²) in [6.45, 7) is 1.38. The predicted molar refractivity (Wildman–Crippen MR) is 77.4 cm³/mol. The molecule has 0 atom stereocenters. The summed E-state index contributed by atoms with van der Waals surface area (Å²) in [5.74, 6) is -1.06. The molecule has 0 aliphatic heterocycles. The van der Waals surface area contributed by atoms with Crippen LogP contribution in [0.4, 0.5) is 5.69 Å². The number of carboxylic acids is 1. The van der Waals surface area contributed by atoms with Gasteiger partial charge in [-0.3, -0.25) is 14.2 Å². The van der Waals surface area contributed by atoms with Crippen molar-refractivity contribution in [3.05, 3.63) is 27.1 Å². The lowest BCUT2D eigenvalue weighted by molar-refractivity contribution is -0.137. The van der Waals surface area contributed by atoms with E-state index in [0.717, 1.165) is 8.47 Å². The number of thiophene rings is 1. The van der Waals surface area contributed by atoms with Gasteiger partial charge in [0.05, 0.1) is 15.7 Å². The third-order valence-corrected chi connectivity index (χ3v) is 5.50. The van der Waals surface area contributed by atoms with Gasteiger partial charge in [-0.2, -0.15) is 5.10 Å². The molecule has 7 nitrogen and oxygen atoms in total. The van der Waals surface area contributed by atoms with E-state index in [0.29, 0.717) is 4.88 Å². The maximum absolute atomic E-state index is 12.2. The number of halogens is 1. The lowest BCUT2D eigenvalue weighted by atomic mass is 10.5. The van der Waals surface area contributed by atoms with Crippen molar-refractivity contribution >= 4 is 48.9 Å². The maximum Gasteiger partial charge on any atom is 0.325 e. The smallest absolute Gasteiger partial charge is 0.325 e. The predicted octanol–water partition coefficient (Wildman–Crippen LogP) is 1.90. The highest BCUT2D eigenvalue weighted by atomic mass is 79.9. The highest BCUT2D eigenvalue weighted by Gasteiger charge is 2.20. The summed E-state index contributed by atoms with van der Waals surface area (Å²) >= 11 is 4.56. The number of nitrogens with one attached hydrogen (secondary N) is 1. The van der Waals surface area contributed by atoms with E-state index in [1.165, 1.54) is 29.8 Å². The molecule has 2 rings (SSSR count). The summed E-state index contributed by atoms with van der Waals surface area (Å²) in [7, 11) is -3.71. The second-order valence-corrected chi connectivity index (χ2v) is 8.18. The van der Waals surface area contributed by atoms with Crippen molar-refractivity contribution in [2.45, 2.75) is 18.4 Å². The number of rotatable bonds is 5. The molecule has 2 N–H and O–H groups in total. The van der Waals surface area contributed by atoms with Gasteiger partial charge in [0.1, 0.15) is 11.4 Å². The van der Waals surface area contributed by atoms with Gasteiger partial charge in [0, 0.05) is 11.1 Å². The van der Waals surface area contributed by atoms with Crippen LogP contribution in [0, 0.1) is 6.92 Å². The van der Waals surface area contributed by atoms with Gasteiger partial charge in [-0.1, -0.05) is 0 Å². The fraction of sp³-hybridized carbons (Fsp3) is 0.200. The van der Waals surface area contributed by atoms with Crippen molar-refractivity contribution in [3.8, 4) is 0 Å². The Labute approximate surface area is 127 Å². The molecular weight excluding hydrogens is 370 g/mol. The molecule has 0 unspecified atom stereocenters. The zero-order valence-electron chi connectivity index (χ0n) is 10.2. The largest absolute Gasteiger partial charge is 0.480 e. The topological polar surface area (TPSA) is 101 Å². The van der Waals surface area contributed by atoms with Crippen LogP contribution < -0.4 is 4.72 Å². The lowest BCUT2D eigenvalue weighted by Gasteiger charge is -2.04. The molecule has 0 fully saturated rings. The van der Waals surface area contributed by atoms with Gasteiger partial charge in [-0.05, 0) is 28.9 Å². The first-order valence-electron chi connectivity index (χ1n) is 5.31. The molecule has 0 spiro atoms. The molecule has 2 aromatic rings. The zero-order valence-corrected chi connectivity index (χ0v) is 13.4. The number of aromatic nitrogens is 2. The normalized spacial score (nSPS) is 11.5. The average Bonchev–Trinajstić information content (AvgIpc) is 2.84. The van der Waals surface area contributed by atoms with Gasteiger partial charge >= 0.3 is 5.97 Å². The highest BCUT2D eigenvalue weighted by molar-refractivity contribution is 9.11. The minimum Gasteiger partial charge on any atom is -0.480 e. The fourth-order valence-corrected chi connectivity index (χ4v) is 4.99. The van der Waals surface area contributed by atoms with Crippen molar-refractivity contribution in [2.24, 2.45) is 0 Å². The molecule has 20 heavy (non-hydrogen) atoms. The number of carbonyl (C=O) groups is 1. The van der Waals surface area contributed by atoms with Crippen LogP contribution in [0.3, 0.4) is 0 Å². The minimum atomic E-state index is -3.71. The molecule has 0 aromatic carbocycles. The van der Waals surface area contributed by atoms with Crippen molar-refractivity contribution in [1.29, 1.82) is 0 Å². The number of sulfonamides is 1. The van der Waals surface area contributed by atoms with Crippen LogP contribution >= 0.6 is 27.3 Å². The Hall–Kier alpha value is -1.39. The quantitative estimate of drug-likeness (QED) is 0.825. The Bertz CT molecular complexity index is 750. The standard InChI is InChI=1S/C10H10BrN3O4S2/c1-6-8(2-9(11)19-6)20(17,18)13-7-3-12-14(4-7)5-10(15)16/h2-4,13H,5H2,1H3,(H,15,16). The summed E-state index contributed by atoms with van der Waals surface area (Å²) in [4.78, 5) is 11.4. The van der Waals surface area contributed by atoms with Gasteiger partial charge in [0.15, 0.2) is 0 Å². The molecule has 2 heterocycles. The molecule has 0 radical (unpaired) electrons. The van der Waals surface area contributed by atoms with Gasteiger partial charge in [0.25, 0.3) is 10.0 Å².